The molecule has 4 rings (SSSR count). The van der Waals surface area contributed by atoms with E-state index in [0.29, 0.717) is 21.8 Å². The van der Waals surface area contributed by atoms with Crippen LogP contribution in [0.1, 0.15) is 31.0 Å². The standard InChI is InChI=1S/C24H21N3O7S/c1-4-34-23(30)19-13(2)25-24-26(20(19)15-9-5-6-11-17(15)33-3)22(29)18(35-24)12-14-8-7-10-16(21(14)28)27(31)32/h5-12,20,28H,4H2,1-3H3/b18-12-. The average molecular weight is 496 g/mol. The van der Waals surface area contributed by atoms with E-state index in [1.165, 1.54) is 36.0 Å². The van der Waals surface area contributed by atoms with Gasteiger partial charge in [-0.05, 0) is 26.0 Å². The quantitative estimate of drug-likeness (QED) is 0.315. The Morgan fingerprint density at radius 1 is 1.29 bits per heavy atom. The van der Waals surface area contributed by atoms with Crippen LogP contribution in [-0.4, -0.2) is 34.3 Å². The molecule has 10 nitrogen and oxygen atoms in total. The zero-order valence-electron chi connectivity index (χ0n) is 19.0. The molecule has 2 heterocycles. The highest BCUT2D eigenvalue weighted by molar-refractivity contribution is 7.07. The van der Waals surface area contributed by atoms with Gasteiger partial charge in [0.1, 0.15) is 11.8 Å². The number of thiazole rings is 1. The van der Waals surface area contributed by atoms with Gasteiger partial charge in [0.05, 0.1) is 34.4 Å². The Balaban J connectivity index is 2.00. The number of carbonyl (C=O) groups excluding carboxylic acids is 1. The van der Waals surface area contributed by atoms with Gasteiger partial charge >= 0.3 is 11.7 Å². The van der Waals surface area contributed by atoms with Gasteiger partial charge in [-0.15, -0.1) is 0 Å². The summed E-state index contributed by atoms with van der Waals surface area (Å²) in [6.07, 6.45) is 1.37. The molecule has 0 spiro atoms. The second-order valence-electron chi connectivity index (χ2n) is 7.52. The number of nitro groups is 1. The summed E-state index contributed by atoms with van der Waals surface area (Å²) in [5, 5.41) is 21.5. The molecule has 1 aliphatic heterocycles. The minimum atomic E-state index is -0.873. The number of para-hydroxylation sites is 2. The van der Waals surface area contributed by atoms with Crippen LogP contribution in [0.4, 0.5) is 5.69 Å². The topological polar surface area (TPSA) is 133 Å². The molecule has 2 aromatic carbocycles. The lowest BCUT2D eigenvalue weighted by atomic mass is 9.95. The first-order chi connectivity index (χ1) is 16.8. The number of esters is 1. The average Bonchev–Trinajstić information content (AvgIpc) is 3.13. The highest BCUT2D eigenvalue weighted by atomic mass is 32.1. The van der Waals surface area contributed by atoms with Crippen molar-refractivity contribution in [2.45, 2.75) is 19.9 Å². The van der Waals surface area contributed by atoms with Gasteiger partial charge in [-0.1, -0.05) is 41.7 Å². The molecule has 1 atom stereocenters. The summed E-state index contributed by atoms with van der Waals surface area (Å²) >= 11 is 1.04. The van der Waals surface area contributed by atoms with Gasteiger partial charge in [-0.3, -0.25) is 19.5 Å². The number of phenols is 1. The third-order valence-corrected chi connectivity index (χ3v) is 6.46. The minimum Gasteiger partial charge on any atom is -0.502 e. The van der Waals surface area contributed by atoms with E-state index in [-0.39, 0.29) is 22.3 Å². The van der Waals surface area contributed by atoms with Crippen LogP contribution < -0.4 is 19.6 Å². The van der Waals surface area contributed by atoms with Crippen molar-refractivity contribution in [3.8, 4) is 11.5 Å². The smallest absolute Gasteiger partial charge is 0.338 e. The summed E-state index contributed by atoms with van der Waals surface area (Å²) in [6, 6.07) is 10.2. The number of nitrogens with zero attached hydrogens (tertiary/aromatic N) is 3. The van der Waals surface area contributed by atoms with Crippen molar-refractivity contribution >= 4 is 29.1 Å². The van der Waals surface area contributed by atoms with Crippen LogP contribution in [0.3, 0.4) is 0 Å². The van der Waals surface area contributed by atoms with Gasteiger partial charge in [0.2, 0.25) is 5.75 Å². The molecule has 3 aromatic rings. The lowest BCUT2D eigenvalue weighted by Gasteiger charge is -2.25. The van der Waals surface area contributed by atoms with E-state index in [4.69, 9.17) is 9.47 Å². The van der Waals surface area contributed by atoms with Crippen LogP contribution >= 0.6 is 11.3 Å². The van der Waals surface area contributed by atoms with Crippen molar-refractivity contribution in [3.63, 3.8) is 0 Å². The number of hydrogen-bond donors (Lipinski definition) is 1. The van der Waals surface area contributed by atoms with E-state index >= 15 is 0 Å². The molecule has 0 radical (unpaired) electrons. The summed E-state index contributed by atoms with van der Waals surface area (Å²) in [6.45, 7) is 3.50. The SMILES string of the molecule is CCOC(=O)C1=C(C)N=c2s/c(=C\c3cccc([N+](=O)[O-])c3O)c(=O)n2C1c1ccccc1OC. The van der Waals surface area contributed by atoms with E-state index in [9.17, 15) is 24.8 Å². The molecule has 180 valence electrons. The molecule has 35 heavy (non-hydrogen) atoms. The van der Waals surface area contributed by atoms with E-state index in [2.05, 4.69) is 4.99 Å². The highest BCUT2D eigenvalue weighted by Gasteiger charge is 2.35. The molecule has 11 heteroatoms. The number of nitro benzene ring substituents is 1. The van der Waals surface area contributed by atoms with E-state index in [1.807, 2.05) is 0 Å². The number of benzene rings is 2. The van der Waals surface area contributed by atoms with Crippen molar-refractivity contribution in [2.24, 2.45) is 4.99 Å². The maximum absolute atomic E-state index is 13.6. The lowest BCUT2D eigenvalue weighted by molar-refractivity contribution is -0.385. The molecule has 0 amide bonds. The highest BCUT2D eigenvalue weighted by Crippen LogP contribution is 2.35. The van der Waals surface area contributed by atoms with E-state index in [1.54, 1.807) is 38.1 Å². The second kappa shape index (κ2) is 9.55. The Morgan fingerprint density at radius 3 is 2.71 bits per heavy atom. The predicted molar refractivity (Wildman–Crippen MR) is 128 cm³/mol. The maximum atomic E-state index is 13.6. The molecule has 0 saturated heterocycles. The Morgan fingerprint density at radius 2 is 2.03 bits per heavy atom. The molecular formula is C24H21N3O7S. The number of rotatable bonds is 6. The van der Waals surface area contributed by atoms with E-state index in [0.717, 1.165) is 11.3 Å². The zero-order chi connectivity index (χ0) is 25.3. The second-order valence-corrected chi connectivity index (χ2v) is 8.53. The van der Waals surface area contributed by atoms with Crippen molar-refractivity contribution in [3.05, 3.63) is 94.7 Å². The fraction of sp³-hybridized carbons (Fsp3) is 0.208. The maximum Gasteiger partial charge on any atom is 0.338 e. The lowest BCUT2D eigenvalue weighted by Crippen LogP contribution is -2.40. The van der Waals surface area contributed by atoms with Crippen LogP contribution in [0.5, 0.6) is 11.5 Å². The van der Waals surface area contributed by atoms with Crippen molar-refractivity contribution in [1.82, 2.24) is 4.57 Å². The summed E-state index contributed by atoms with van der Waals surface area (Å²) in [7, 11) is 1.49. The molecule has 0 fully saturated rings. The van der Waals surface area contributed by atoms with Gasteiger partial charge in [0, 0.05) is 17.2 Å². The first-order valence-corrected chi connectivity index (χ1v) is 11.4. The van der Waals surface area contributed by atoms with E-state index < -0.39 is 33.9 Å². The van der Waals surface area contributed by atoms with Gasteiger partial charge in [-0.25, -0.2) is 9.79 Å². The van der Waals surface area contributed by atoms with Gasteiger partial charge in [0.25, 0.3) is 5.56 Å². The molecule has 0 bridgehead atoms. The van der Waals surface area contributed by atoms with Crippen molar-refractivity contribution in [2.75, 3.05) is 13.7 Å². The van der Waals surface area contributed by atoms with Gasteiger partial charge in [-0.2, -0.15) is 0 Å². The molecule has 1 aromatic heterocycles. The Bertz CT molecular complexity index is 1550. The first-order valence-electron chi connectivity index (χ1n) is 10.6. The number of ether oxygens (including phenoxy) is 2. The summed E-state index contributed by atoms with van der Waals surface area (Å²) < 4.78 is 12.3. The van der Waals surface area contributed by atoms with Crippen LogP contribution in [0.15, 0.2) is 63.5 Å². The molecule has 0 aliphatic carbocycles. The number of allylic oxidation sites excluding steroid dienone is 1. The fourth-order valence-electron chi connectivity index (χ4n) is 3.93. The van der Waals surface area contributed by atoms with Crippen LogP contribution in [0, 0.1) is 10.1 Å². The van der Waals surface area contributed by atoms with Crippen LogP contribution in [0.2, 0.25) is 0 Å². The summed E-state index contributed by atoms with van der Waals surface area (Å²) in [5.41, 5.74) is 0.320. The normalized spacial score (nSPS) is 15.4. The molecule has 1 aliphatic rings. The van der Waals surface area contributed by atoms with Gasteiger partial charge in [0.15, 0.2) is 4.80 Å². The van der Waals surface area contributed by atoms with Crippen LogP contribution in [0.25, 0.3) is 6.08 Å². The Kier molecular flexibility index (Phi) is 6.52. The Hall–Kier alpha value is -4.25. The number of fused-ring (bicyclic) bond motifs is 1. The molecule has 1 unspecified atom stereocenters. The predicted octanol–water partition coefficient (Wildman–Crippen LogP) is 2.42. The number of carbonyl (C=O) groups is 1. The number of aromatic nitrogens is 1. The number of methoxy groups -OCH3 is 1. The first kappa shape index (κ1) is 23.9. The zero-order valence-corrected chi connectivity index (χ0v) is 19.9. The van der Waals surface area contributed by atoms with Crippen LogP contribution in [-0.2, 0) is 9.53 Å². The largest absolute Gasteiger partial charge is 0.502 e. The number of hydrogen-bond acceptors (Lipinski definition) is 9. The number of phenolic OH excluding ortho intramolecular Hbond substituents is 1. The molecule has 0 saturated carbocycles. The van der Waals surface area contributed by atoms with Crippen molar-refractivity contribution in [1.29, 1.82) is 0 Å². The molecular weight excluding hydrogens is 474 g/mol. The van der Waals surface area contributed by atoms with Crippen molar-refractivity contribution < 1.29 is 24.3 Å². The number of aromatic hydroxyl groups is 1. The summed E-state index contributed by atoms with van der Waals surface area (Å²) in [5.74, 6) is -0.678. The van der Waals surface area contributed by atoms with Gasteiger partial charge < -0.3 is 14.6 Å². The third kappa shape index (κ3) is 4.21. The fourth-order valence-corrected chi connectivity index (χ4v) is 4.97. The minimum absolute atomic E-state index is 0.111. The third-order valence-electron chi connectivity index (χ3n) is 5.48. The Labute approximate surface area is 202 Å². The molecule has 1 N–H and O–H groups in total. The summed E-state index contributed by atoms with van der Waals surface area (Å²) in [4.78, 5) is 41.9. The monoisotopic (exact) mass is 495 g/mol.